The van der Waals surface area contributed by atoms with Crippen molar-refractivity contribution in [2.75, 3.05) is 0 Å². The van der Waals surface area contributed by atoms with E-state index in [9.17, 15) is 4.79 Å². The van der Waals surface area contributed by atoms with E-state index in [2.05, 4.69) is 54.5 Å². The smallest absolute Gasteiger partial charge is 0.408 e. The van der Waals surface area contributed by atoms with E-state index in [0.717, 1.165) is 11.1 Å². The molecule has 0 bridgehead atoms. The van der Waals surface area contributed by atoms with Crippen LogP contribution >= 0.6 is 11.6 Å². The molecule has 0 aliphatic carbocycles. The monoisotopic (exact) mass is 435 g/mol. The molecule has 30 heavy (non-hydrogen) atoms. The molecule has 0 radical (unpaired) electrons. The first-order valence-electron chi connectivity index (χ1n) is 9.91. The van der Waals surface area contributed by atoms with Gasteiger partial charge in [0, 0.05) is 5.02 Å². The lowest BCUT2D eigenvalue weighted by molar-refractivity contribution is 0.137. The minimum absolute atomic E-state index is 0.230. The van der Waals surface area contributed by atoms with Crippen LogP contribution in [0.4, 0.5) is 4.79 Å². The Morgan fingerprint density at radius 1 is 0.967 bits per heavy atom. The highest BCUT2D eigenvalue weighted by atomic mass is 35.5. The fraction of sp³-hybridized carbons (Fsp3) is 0.160. The van der Waals surface area contributed by atoms with Gasteiger partial charge < -0.3 is 10.1 Å². The molecule has 0 saturated heterocycles. The van der Waals surface area contributed by atoms with Crippen molar-refractivity contribution in [2.24, 2.45) is 0 Å². The Bertz CT molecular complexity index is 973. The summed E-state index contributed by atoms with van der Waals surface area (Å²) in [4.78, 5) is 12.5. The molecule has 1 N–H and O–H groups in total. The molecule has 1 unspecified atom stereocenters. The normalized spacial score (nSPS) is 12.5. The number of rotatable bonds is 7. The summed E-state index contributed by atoms with van der Waals surface area (Å²) in [6.07, 6.45) is 1.61. The molecule has 0 fully saturated rings. The van der Waals surface area contributed by atoms with E-state index in [-0.39, 0.29) is 12.6 Å². The van der Waals surface area contributed by atoms with Gasteiger partial charge in [-0.25, -0.2) is 4.79 Å². The number of hydrogen-bond donors (Lipinski definition) is 1. The van der Waals surface area contributed by atoms with Crippen LogP contribution < -0.4 is 10.5 Å². The number of hydrogen-bond acceptors (Lipinski definition) is 2. The molecule has 0 aliphatic rings. The fourth-order valence-corrected chi connectivity index (χ4v) is 5.15. The Morgan fingerprint density at radius 2 is 1.57 bits per heavy atom. The summed E-state index contributed by atoms with van der Waals surface area (Å²) < 4.78 is 5.42. The number of alkyl carbamates (subject to hydrolysis) is 1. The summed E-state index contributed by atoms with van der Waals surface area (Å²) in [5.41, 5.74) is 4.15. The van der Waals surface area contributed by atoms with Crippen molar-refractivity contribution in [2.45, 2.75) is 25.7 Å². The number of carbonyl (C=O) groups is 1. The molecule has 0 aliphatic heterocycles. The van der Waals surface area contributed by atoms with E-state index in [1.54, 1.807) is 0 Å². The standard InChI is InChI=1S/C25H26ClNO2Si/c1-30(2,23-11-7-4-8-12-23)18-17-24(21-13-15-22(26)16-14-21)27-25(28)29-19-20-9-5-3-6-10-20/h3-18,24H,19H2,1-2H3,(H,27,28)/b18-17+. The summed E-state index contributed by atoms with van der Waals surface area (Å²) in [6, 6.07) is 27.3. The van der Waals surface area contributed by atoms with Crippen LogP contribution in [-0.4, -0.2) is 14.2 Å². The lowest BCUT2D eigenvalue weighted by atomic mass is 10.1. The van der Waals surface area contributed by atoms with E-state index in [4.69, 9.17) is 16.3 Å². The van der Waals surface area contributed by atoms with Gasteiger partial charge in [0.15, 0.2) is 0 Å². The molecule has 5 heteroatoms. The highest BCUT2D eigenvalue weighted by molar-refractivity contribution is 6.93. The number of benzene rings is 3. The van der Waals surface area contributed by atoms with Gasteiger partial charge in [0.25, 0.3) is 0 Å². The molecule has 0 aromatic heterocycles. The van der Waals surface area contributed by atoms with Gasteiger partial charge in [-0.05, 0) is 23.3 Å². The number of amides is 1. The van der Waals surface area contributed by atoms with Crippen molar-refractivity contribution in [1.82, 2.24) is 5.32 Å². The predicted octanol–water partition coefficient (Wildman–Crippen LogP) is 6.02. The van der Waals surface area contributed by atoms with E-state index in [1.165, 1.54) is 5.19 Å². The molecular formula is C25H26ClNO2Si. The highest BCUT2D eigenvalue weighted by Crippen LogP contribution is 2.19. The van der Waals surface area contributed by atoms with E-state index < -0.39 is 14.2 Å². The summed E-state index contributed by atoms with van der Waals surface area (Å²) in [6.45, 7) is 4.80. The van der Waals surface area contributed by atoms with Gasteiger partial charge >= 0.3 is 6.09 Å². The van der Waals surface area contributed by atoms with Gasteiger partial charge in [-0.3, -0.25) is 0 Å². The van der Waals surface area contributed by atoms with Gasteiger partial charge in [-0.1, -0.05) is 114 Å². The first-order chi connectivity index (χ1) is 14.4. The molecular weight excluding hydrogens is 410 g/mol. The first-order valence-corrected chi connectivity index (χ1v) is 13.4. The lowest BCUT2D eigenvalue weighted by Gasteiger charge is -2.21. The molecule has 3 nitrogen and oxygen atoms in total. The Hall–Kier alpha value is -2.82. The van der Waals surface area contributed by atoms with Crippen molar-refractivity contribution < 1.29 is 9.53 Å². The first kappa shape index (κ1) is 21.9. The third-order valence-electron chi connectivity index (χ3n) is 4.94. The summed E-state index contributed by atoms with van der Waals surface area (Å²) in [5, 5.41) is 4.97. The van der Waals surface area contributed by atoms with Crippen molar-refractivity contribution in [3.63, 3.8) is 0 Å². The van der Waals surface area contributed by atoms with Crippen LogP contribution in [0.3, 0.4) is 0 Å². The second-order valence-corrected chi connectivity index (χ2v) is 12.5. The van der Waals surface area contributed by atoms with Gasteiger partial charge in [0.1, 0.15) is 14.7 Å². The van der Waals surface area contributed by atoms with Crippen LogP contribution in [0.2, 0.25) is 18.1 Å². The number of halogens is 1. The maximum atomic E-state index is 12.5. The Labute approximate surface area is 184 Å². The third kappa shape index (κ3) is 6.34. The SMILES string of the molecule is C[Si](C)(/C=C/C(NC(=O)OCc1ccccc1)c1ccc(Cl)cc1)c1ccccc1. The zero-order chi connectivity index (χ0) is 21.4. The molecule has 0 heterocycles. The van der Waals surface area contributed by atoms with E-state index in [1.807, 2.05) is 60.7 Å². The zero-order valence-corrected chi connectivity index (χ0v) is 19.0. The summed E-state index contributed by atoms with van der Waals surface area (Å²) >= 11 is 6.05. The minimum atomic E-state index is -1.81. The van der Waals surface area contributed by atoms with Crippen molar-refractivity contribution in [3.05, 3.63) is 113 Å². The van der Waals surface area contributed by atoms with Gasteiger partial charge in [-0.15, -0.1) is 0 Å². The molecule has 3 aromatic rings. The maximum Gasteiger partial charge on any atom is 0.408 e. The molecule has 1 atom stereocenters. The van der Waals surface area contributed by atoms with Gasteiger partial charge in [0.05, 0.1) is 6.04 Å². The summed E-state index contributed by atoms with van der Waals surface area (Å²) in [7, 11) is -1.81. The van der Waals surface area contributed by atoms with Crippen LogP contribution in [-0.2, 0) is 11.3 Å². The Kier molecular flexibility index (Phi) is 7.50. The minimum Gasteiger partial charge on any atom is -0.445 e. The predicted molar refractivity (Wildman–Crippen MR) is 127 cm³/mol. The molecule has 3 aromatic carbocycles. The van der Waals surface area contributed by atoms with Gasteiger partial charge in [-0.2, -0.15) is 0 Å². The molecule has 154 valence electrons. The second-order valence-electron chi connectivity index (χ2n) is 7.68. The third-order valence-corrected chi connectivity index (χ3v) is 8.04. The molecule has 0 spiro atoms. The average Bonchev–Trinajstić information content (AvgIpc) is 2.77. The maximum absolute atomic E-state index is 12.5. The lowest BCUT2D eigenvalue weighted by Crippen LogP contribution is -2.39. The quantitative estimate of drug-likeness (QED) is 0.461. The van der Waals surface area contributed by atoms with Crippen LogP contribution in [0.15, 0.2) is 96.7 Å². The number of nitrogens with one attached hydrogen (secondary N) is 1. The molecule has 0 saturated carbocycles. The highest BCUT2D eigenvalue weighted by Gasteiger charge is 2.21. The summed E-state index contributed by atoms with van der Waals surface area (Å²) in [5.74, 6) is 0. The van der Waals surface area contributed by atoms with E-state index in [0.29, 0.717) is 5.02 Å². The average molecular weight is 436 g/mol. The largest absolute Gasteiger partial charge is 0.445 e. The second kappa shape index (κ2) is 10.3. The van der Waals surface area contributed by atoms with E-state index >= 15 is 0 Å². The number of ether oxygens (including phenoxy) is 1. The van der Waals surface area contributed by atoms with Crippen molar-refractivity contribution in [1.29, 1.82) is 0 Å². The fourth-order valence-electron chi connectivity index (χ4n) is 3.11. The zero-order valence-electron chi connectivity index (χ0n) is 17.2. The van der Waals surface area contributed by atoms with Gasteiger partial charge in [0.2, 0.25) is 0 Å². The molecule has 3 rings (SSSR count). The topological polar surface area (TPSA) is 38.3 Å². The van der Waals surface area contributed by atoms with Crippen LogP contribution in [0, 0.1) is 0 Å². The Balaban J connectivity index is 1.75. The molecule has 1 amide bonds. The van der Waals surface area contributed by atoms with Crippen LogP contribution in [0.25, 0.3) is 0 Å². The number of carbonyl (C=O) groups excluding carboxylic acids is 1. The van der Waals surface area contributed by atoms with Crippen molar-refractivity contribution >= 4 is 31.0 Å². The van der Waals surface area contributed by atoms with Crippen LogP contribution in [0.5, 0.6) is 0 Å². The van der Waals surface area contributed by atoms with Crippen molar-refractivity contribution in [3.8, 4) is 0 Å². The van der Waals surface area contributed by atoms with Crippen LogP contribution in [0.1, 0.15) is 17.2 Å². The Morgan fingerprint density at radius 3 is 2.20 bits per heavy atom.